The van der Waals surface area contributed by atoms with Crippen LogP contribution in [0.2, 0.25) is 0 Å². The van der Waals surface area contributed by atoms with Crippen LogP contribution in [0.1, 0.15) is 35.2 Å². The van der Waals surface area contributed by atoms with Crippen molar-refractivity contribution < 1.29 is 13.6 Å². The predicted molar refractivity (Wildman–Crippen MR) is 75.1 cm³/mol. The number of hydrogen-bond donors (Lipinski definition) is 0. The fourth-order valence-electron chi connectivity index (χ4n) is 2.63. The highest BCUT2D eigenvalue weighted by Gasteiger charge is 2.26. The van der Waals surface area contributed by atoms with Gasteiger partial charge in [-0.15, -0.1) is 11.6 Å². The lowest BCUT2D eigenvalue weighted by atomic mass is 9.95. The molecule has 0 aromatic heterocycles. The van der Waals surface area contributed by atoms with Crippen LogP contribution in [0, 0.1) is 24.5 Å². The van der Waals surface area contributed by atoms with Crippen molar-refractivity contribution in [3.05, 3.63) is 34.9 Å². The Hall–Kier alpha value is -1.16. The predicted octanol–water partition coefficient (Wildman–Crippen LogP) is 3.75. The third kappa shape index (κ3) is 3.29. The van der Waals surface area contributed by atoms with Gasteiger partial charge in [-0.3, -0.25) is 4.79 Å². The van der Waals surface area contributed by atoms with Gasteiger partial charge >= 0.3 is 0 Å². The summed E-state index contributed by atoms with van der Waals surface area (Å²) in [6, 6.07) is 2.07. The van der Waals surface area contributed by atoms with E-state index in [1.165, 1.54) is 13.0 Å². The molecule has 1 heterocycles. The van der Waals surface area contributed by atoms with Crippen molar-refractivity contribution in [2.24, 2.45) is 5.92 Å². The minimum atomic E-state index is -0.794. The highest BCUT2D eigenvalue weighted by atomic mass is 35.5. The highest BCUT2D eigenvalue weighted by Crippen LogP contribution is 2.23. The Morgan fingerprint density at radius 1 is 1.40 bits per heavy atom. The minimum absolute atomic E-state index is 0.0459. The van der Waals surface area contributed by atoms with Crippen molar-refractivity contribution >= 4 is 17.5 Å². The van der Waals surface area contributed by atoms with E-state index >= 15 is 0 Å². The van der Waals surface area contributed by atoms with Gasteiger partial charge in [0.15, 0.2) is 0 Å². The molecule has 20 heavy (non-hydrogen) atoms. The average Bonchev–Trinajstić information content (AvgIpc) is 2.43. The summed E-state index contributed by atoms with van der Waals surface area (Å²) in [5, 5.41) is 0. The number of alkyl halides is 1. The van der Waals surface area contributed by atoms with Crippen molar-refractivity contribution in [1.82, 2.24) is 4.90 Å². The molecule has 0 N–H and O–H groups in total. The second kappa shape index (κ2) is 6.53. The maximum atomic E-state index is 13.8. The Balaban J connectivity index is 2.16. The van der Waals surface area contributed by atoms with E-state index in [1.54, 1.807) is 4.90 Å². The van der Waals surface area contributed by atoms with Crippen molar-refractivity contribution in [3.63, 3.8) is 0 Å². The molecule has 2 nitrogen and oxygen atoms in total. The molecule has 5 heteroatoms. The van der Waals surface area contributed by atoms with Gasteiger partial charge in [0.05, 0.1) is 5.56 Å². The lowest BCUT2D eigenvalue weighted by molar-refractivity contribution is 0.0666. The lowest BCUT2D eigenvalue weighted by Crippen LogP contribution is -2.40. The van der Waals surface area contributed by atoms with Crippen LogP contribution in [0.15, 0.2) is 12.1 Å². The van der Waals surface area contributed by atoms with Gasteiger partial charge in [0, 0.05) is 25.0 Å². The summed E-state index contributed by atoms with van der Waals surface area (Å²) in [6.07, 6.45) is 2.80. The van der Waals surface area contributed by atoms with E-state index in [0.29, 0.717) is 24.9 Å². The molecule has 1 amide bonds. The number of likely N-dealkylation sites (tertiary alicyclic amines) is 1. The SMILES string of the molecule is Cc1cc(C(=O)N2CCCC(CCCl)C2)c(F)cc1F. The molecule has 1 aromatic carbocycles. The number of halogens is 3. The molecule has 0 spiro atoms. The molecule has 1 fully saturated rings. The molecule has 1 aliphatic heterocycles. The van der Waals surface area contributed by atoms with E-state index in [1.807, 2.05) is 0 Å². The summed E-state index contributed by atoms with van der Waals surface area (Å²) in [6.45, 7) is 2.74. The number of benzene rings is 1. The molecule has 2 rings (SSSR count). The maximum Gasteiger partial charge on any atom is 0.256 e. The number of rotatable bonds is 3. The Morgan fingerprint density at radius 2 is 2.15 bits per heavy atom. The smallest absolute Gasteiger partial charge is 0.256 e. The zero-order chi connectivity index (χ0) is 14.7. The number of hydrogen-bond acceptors (Lipinski definition) is 1. The molecule has 0 aliphatic carbocycles. The standard InChI is InChI=1S/C15H18ClF2NO/c1-10-7-12(14(18)8-13(10)17)15(20)19-6-2-3-11(9-19)4-5-16/h7-8,11H,2-6,9H2,1H3. The minimum Gasteiger partial charge on any atom is -0.338 e. The highest BCUT2D eigenvalue weighted by molar-refractivity contribution is 6.17. The molecule has 1 aliphatic rings. The van der Waals surface area contributed by atoms with Gasteiger partial charge < -0.3 is 4.90 Å². The van der Waals surface area contributed by atoms with Gasteiger partial charge in [-0.25, -0.2) is 8.78 Å². The zero-order valence-electron chi connectivity index (χ0n) is 11.5. The van der Waals surface area contributed by atoms with Crippen LogP contribution in [0.4, 0.5) is 8.78 Å². The molecule has 1 atom stereocenters. The largest absolute Gasteiger partial charge is 0.338 e. The first kappa shape index (κ1) is 15.2. The first-order valence-corrected chi connectivity index (χ1v) is 7.37. The Bertz CT molecular complexity index is 505. The Kier molecular flexibility index (Phi) is 4.97. The fraction of sp³-hybridized carbons (Fsp3) is 0.533. The summed E-state index contributed by atoms with van der Waals surface area (Å²) < 4.78 is 27.0. The van der Waals surface area contributed by atoms with Crippen LogP contribution in [0.25, 0.3) is 0 Å². The molecule has 1 aromatic rings. The molecule has 0 saturated carbocycles. The number of aryl methyl sites for hydroxylation is 1. The number of carbonyl (C=O) groups is 1. The fourth-order valence-corrected chi connectivity index (χ4v) is 2.94. The first-order valence-electron chi connectivity index (χ1n) is 6.83. The van der Waals surface area contributed by atoms with E-state index in [0.717, 1.165) is 25.3 Å². The summed E-state index contributed by atoms with van der Waals surface area (Å²) in [7, 11) is 0. The second-order valence-corrected chi connectivity index (χ2v) is 5.70. The van der Waals surface area contributed by atoms with Crippen molar-refractivity contribution in [2.75, 3.05) is 19.0 Å². The molecule has 110 valence electrons. The topological polar surface area (TPSA) is 20.3 Å². The van der Waals surface area contributed by atoms with E-state index in [-0.39, 0.29) is 17.0 Å². The lowest BCUT2D eigenvalue weighted by Gasteiger charge is -2.32. The van der Waals surface area contributed by atoms with Crippen molar-refractivity contribution in [1.29, 1.82) is 0 Å². The van der Waals surface area contributed by atoms with E-state index in [2.05, 4.69) is 0 Å². The van der Waals surface area contributed by atoms with Gasteiger partial charge in [-0.2, -0.15) is 0 Å². The Labute approximate surface area is 122 Å². The average molecular weight is 302 g/mol. The zero-order valence-corrected chi connectivity index (χ0v) is 12.2. The number of amides is 1. The van der Waals surface area contributed by atoms with Gasteiger partial charge in [0.25, 0.3) is 5.91 Å². The van der Waals surface area contributed by atoms with E-state index in [9.17, 15) is 13.6 Å². The van der Waals surface area contributed by atoms with Crippen LogP contribution in [-0.2, 0) is 0 Å². The Morgan fingerprint density at radius 3 is 2.85 bits per heavy atom. The first-order chi connectivity index (χ1) is 9.52. The number of piperidine rings is 1. The summed E-state index contributed by atoms with van der Waals surface area (Å²) in [4.78, 5) is 14.0. The van der Waals surface area contributed by atoms with Crippen molar-refractivity contribution in [3.8, 4) is 0 Å². The van der Waals surface area contributed by atoms with Gasteiger partial charge in [-0.1, -0.05) is 0 Å². The van der Waals surface area contributed by atoms with E-state index in [4.69, 9.17) is 11.6 Å². The monoisotopic (exact) mass is 301 g/mol. The van der Waals surface area contributed by atoms with Crippen LogP contribution >= 0.6 is 11.6 Å². The molecule has 1 saturated heterocycles. The summed E-state index contributed by atoms with van der Waals surface area (Å²) in [5.74, 6) is -0.841. The van der Waals surface area contributed by atoms with Gasteiger partial charge in [0.2, 0.25) is 0 Å². The normalized spacial score (nSPS) is 19.2. The second-order valence-electron chi connectivity index (χ2n) is 5.32. The molecule has 0 bridgehead atoms. The number of carbonyl (C=O) groups excluding carboxylic acids is 1. The van der Waals surface area contributed by atoms with Crippen LogP contribution in [0.3, 0.4) is 0 Å². The van der Waals surface area contributed by atoms with Gasteiger partial charge in [-0.05, 0) is 43.7 Å². The van der Waals surface area contributed by atoms with Crippen molar-refractivity contribution in [2.45, 2.75) is 26.2 Å². The maximum absolute atomic E-state index is 13.8. The summed E-state index contributed by atoms with van der Waals surface area (Å²) >= 11 is 5.74. The van der Waals surface area contributed by atoms with Crippen LogP contribution in [0.5, 0.6) is 0 Å². The molecular weight excluding hydrogens is 284 g/mol. The molecule has 1 unspecified atom stereocenters. The van der Waals surface area contributed by atoms with Gasteiger partial charge in [0.1, 0.15) is 11.6 Å². The molecular formula is C15H18ClF2NO. The third-order valence-corrected chi connectivity index (χ3v) is 4.02. The van der Waals surface area contributed by atoms with Crippen LogP contribution in [-0.4, -0.2) is 29.8 Å². The van der Waals surface area contributed by atoms with Crippen LogP contribution < -0.4 is 0 Å². The summed E-state index contributed by atoms with van der Waals surface area (Å²) in [5.41, 5.74) is 0.236. The quantitative estimate of drug-likeness (QED) is 0.779. The third-order valence-electron chi connectivity index (χ3n) is 3.80. The number of nitrogens with zero attached hydrogens (tertiary/aromatic N) is 1. The molecule has 0 radical (unpaired) electrons. The van der Waals surface area contributed by atoms with E-state index < -0.39 is 11.6 Å².